The third-order valence-electron chi connectivity index (χ3n) is 2.78. The first-order valence-corrected chi connectivity index (χ1v) is 6.52. The van der Waals surface area contributed by atoms with Crippen molar-refractivity contribution >= 4 is 24.0 Å². The zero-order valence-electron chi connectivity index (χ0n) is 12.7. The highest BCUT2D eigenvalue weighted by atomic mass is 35.5. The van der Waals surface area contributed by atoms with Crippen LogP contribution in [0.25, 0.3) is 0 Å². The highest BCUT2D eigenvalue weighted by Gasteiger charge is 2.22. The number of halogens is 1. The van der Waals surface area contributed by atoms with E-state index < -0.39 is 5.54 Å². The van der Waals surface area contributed by atoms with Crippen molar-refractivity contribution in [2.75, 3.05) is 5.32 Å². The number of hydrogen-bond donors (Lipinski definition) is 2. The van der Waals surface area contributed by atoms with Crippen LogP contribution in [0.5, 0.6) is 11.8 Å². The second-order valence-corrected chi connectivity index (χ2v) is 5.29. The van der Waals surface area contributed by atoms with Crippen LogP contribution in [0.3, 0.4) is 0 Å². The summed E-state index contributed by atoms with van der Waals surface area (Å²) in [6.07, 6.45) is 3.21. The Morgan fingerprint density at radius 1 is 1.27 bits per heavy atom. The van der Waals surface area contributed by atoms with Crippen molar-refractivity contribution in [1.82, 2.24) is 9.97 Å². The smallest absolute Gasteiger partial charge is 0.321 e. The van der Waals surface area contributed by atoms with Gasteiger partial charge in [-0.15, -0.1) is 12.4 Å². The Bertz CT molecular complexity index is 642. The molecule has 1 amide bonds. The summed E-state index contributed by atoms with van der Waals surface area (Å²) in [6, 6.07) is 7.29. The van der Waals surface area contributed by atoms with E-state index in [4.69, 9.17) is 10.5 Å². The Kier molecular flexibility index (Phi) is 5.84. The lowest BCUT2D eigenvalue weighted by molar-refractivity contribution is -0.120. The average Bonchev–Trinajstić information content (AvgIpc) is 2.42. The summed E-state index contributed by atoms with van der Waals surface area (Å²) in [4.78, 5) is 19.8. The summed E-state index contributed by atoms with van der Waals surface area (Å²) in [7, 11) is 0. The molecule has 0 radical (unpaired) electrons. The van der Waals surface area contributed by atoms with Gasteiger partial charge >= 0.3 is 6.01 Å². The number of anilines is 1. The van der Waals surface area contributed by atoms with Gasteiger partial charge in [0, 0.05) is 18.1 Å². The number of nitrogens with zero attached hydrogens (tertiary/aromatic N) is 2. The topological polar surface area (TPSA) is 90.1 Å². The van der Waals surface area contributed by atoms with Crippen LogP contribution in [0.1, 0.15) is 19.4 Å². The molecular weight excluding hydrogens is 304 g/mol. The summed E-state index contributed by atoms with van der Waals surface area (Å²) >= 11 is 0. The fourth-order valence-corrected chi connectivity index (χ4v) is 1.57. The largest absolute Gasteiger partial charge is 0.424 e. The lowest BCUT2D eigenvalue weighted by Gasteiger charge is -2.19. The second kappa shape index (κ2) is 7.20. The van der Waals surface area contributed by atoms with Gasteiger partial charge in [-0.1, -0.05) is 0 Å². The molecule has 0 atom stereocenters. The van der Waals surface area contributed by atoms with Crippen LogP contribution in [0, 0.1) is 6.92 Å². The Morgan fingerprint density at radius 2 is 1.91 bits per heavy atom. The molecule has 118 valence electrons. The molecule has 6 nitrogen and oxygen atoms in total. The minimum atomic E-state index is -0.931. The maximum absolute atomic E-state index is 11.9. The summed E-state index contributed by atoms with van der Waals surface area (Å²) in [5.41, 5.74) is 6.38. The standard InChI is InChI=1S/C15H18N4O2.ClH/c1-10-9-11(21-14-17-7-4-8-18-14)5-6-12(10)19-13(20)15(2,3)16;/h4-9H,16H2,1-3H3,(H,19,20);1H. The van der Waals surface area contributed by atoms with Gasteiger partial charge in [0.25, 0.3) is 0 Å². The summed E-state index contributed by atoms with van der Waals surface area (Å²) < 4.78 is 5.53. The molecule has 0 saturated carbocycles. The Balaban J connectivity index is 0.00000242. The fraction of sp³-hybridized carbons (Fsp3) is 0.267. The van der Waals surface area contributed by atoms with Crippen LogP contribution in [-0.4, -0.2) is 21.4 Å². The number of nitrogens with one attached hydrogen (secondary N) is 1. The van der Waals surface area contributed by atoms with Crippen LogP contribution in [0.4, 0.5) is 5.69 Å². The highest BCUT2D eigenvalue weighted by Crippen LogP contribution is 2.24. The summed E-state index contributed by atoms with van der Waals surface area (Å²) in [5.74, 6) is 0.356. The van der Waals surface area contributed by atoms with Gasteiger partial charge in [0.15, 0.2) is 0 Å². The lowest BCUT2D eigenvalue weighted by atomic mass is 10.1. The number of ether oxygens (including phenoxy) is 1. The van der Waals surface area contributed by atoms with E-state index in [1.807, 2.05) is 6.92 Å². The maximum Gasteiger partial charge on any atom is 0.321 e. The quantitative estimate of drug-likeness (QED) is 0.903. The average molecular weight is 323 g/mol. The zero-order chi connectivity index (χ0) is 15.5. The molecule has 2 aromatic rings. The predicted octanol–water partition coefficient (Wildman–Crippen LogP) is 2.67. The molecule has 0 aliphatic carbocycles. The number of rotatable bonds is 4. The number of hydrogen-bond acceptors (Lipinski definition) is 5. The minimum absolute atomic E-state index is 0. The summed E-state index contributed by atoms with van der Waals surface area (Å²) in [5, 5.41) is 2.79. The van der Waals surface area contributed by atoms with Gasteiger partial charge in [-0.3, -0.25) is 4.79 Å². The number of aryl methyl sites for hydroxylation is 1. The van der Waals surface area contributed by atoms with Crippen molar-refractivity contribution in [3.8, 4) is 11.8 Å². The van der Waals surface area contributed by atoms with Crippen LogP contribution in [0.15, 0.2) is 36.7 Å². The molecule has 7 heteroatoms. The first kappa shape index (κ1) is 17.9. The zero-order valence-corrected chi connectivity index (χ0v) is 13.5. The van der Waals surface area contributed by atoms with E-state index in [9.17, 15) is 4.79 Å². The molecule has 0 aliphatic rings. The van der Waals surface area contributed by atoms with E-state index in [0.29, 0.717) is 11.4 Å². The van der Waals surface area contributed by atoms with Crippen LogP contribution < -0.4 is 15.8 Å². The molecule has 2 rings (SSSR count). The van der Waals surface area contributed by atoms with Gasteiger partial charge in [-0.25, -0.2) is 9.97 Å². The number of benzene rings is 1. The number of aromatic nitrogens is 2. The van der Waals surface area contributed by atoms with E-state index in [1.54, 1.807) is 50.5 Å². The molecule has 0 spiro atoms. The molecule has 0 unspecified atom stereocenters. The predicted molar refractivity (Wildman–Crippen MR) is 87.4 cm³/mol. The van der Waals surface area contributed by atoms with Crippen molar-refractivity contribution in [3.63, 3.8) is 0 Å². The third-order valence-corrected chi connectivity index (χ3v) is 2.78. The van der Waals surface area contributed by atoms with Crippen molar-refractivity contribution in [1.29, 1.82) is 0 Å². The van der Waals surface area contributed by atoms with Crippen molar-refractivity contribution in [2.24, 2.45) is 5.73 Å². The van der Waals surface area contributed by atoms with E-state index in [1.165, 1.54) is 0 Å². The Morgan fingerprint density at radius 3 is 2.45 bits per heavy atom. The number of carbonyl (C=O) groups excluding carboxylic acids is 1. The Hall–Kier alpha value is -2.18. The van der Waals surface area contributed by atoms with Gasteiger partial charge in [0.1, 0.15) is 5.75 Å². The van der Waals surface area contributed by atoms with Gasteiger partial charge in [0.2, 0.25) is 5.91 Å². The van der Waals surface area contributed by atoms with Gasteiger partial charge in [-0.2, -0.15) is 0 Å². The second-order valence-electron chi connectivity index (χ2n) is 5.29. The normalized spacial score (nSPS) is 10.5. The molecule has 0 aliphatic heterocycles. The van der Waals surface area contributed by atoms with Crippen molar-refractivity contribution in [2.45, 2.75) is 26.3 Å². The van der Waals surface area contributed by atoms with E-state index in [2.05, 4.69) is 15.3 Å². The van der Waals surface area contributed by atoms with E-state index >= 15 is 0 Å². The number of nitrogens with two attached hydrogens (primary N) is 1. The molecule has 22 heavy (non-hydrogen) atoms. The van der Waals surface area contributed by atoms with Crippen molar-refractivity contribution < 1.29 is 9.53 Å². The molecule has 1 aromatic heterocycles. The van der Waals surface area contributed by atoms with Crippen LogP contribution >= 0.6 is 12.4 Å². The highest BCUT2D eigenvalue weighted by molar-refractivity contribution is 5.97. The van der Waals surface area contributed by atoms with E-state index in [0.717, 1.165) is 5.56 Å². The Labute approximate surface area is 135 Å². The maximum atomic E-state index is 11.9. The fourth-order valence-electron chi connectivity index (χ4n) is 1.57. The van der Waals surface area contributed by atoms with Gasteiger partial charge in [-0.05, 0) is 50.6 Å². The third kappa shape index (κ3) is 4.68. The lowest BCUT2D eigenvalue weighted by Crippen LogP contribution is -2.45. The van der Waals surface area contributed by atoms with Crippen LogP contribution in [0.2, 0.25) is 0 Å². The van der Waals surface area contributed by atoms with Crippen molar-refractivity contribution in [3.05, 3.63) is 42.2 Å². The molecule has 3 N–H and O–H groups in total. The molecular formula is C15H19ClN4O2. The van der Waals surface area contributed by atoms with E-state index in [-0.39, 0.29) is 24.3 Å². The van der Waals surface area contributed by atoms with Crippen LogP contribution in [-0.2, 0) is 4.79 Å². The first-order chi connectivity index (χ1) is 9.86. The molecule has 0 bridgehead atoms. The van der Waals surface area contributed by atoms with Gasteiger partial charge < -0.3 is 15.8 Å². The molecule has 1 heterocycles. The number of carbonyl (C=O) groups is 1. The molecule has 0 saturated heterocycles. The van der Waals surface area contributed by atoms with Gasteiger partial charge in [0.05, 0.1) is 5.54 Å². The SMILES string of the molecule is Cc1cc(Oc2ncccn2)ccc1NC(=O)C(C)(C)N.Cl. The monoisotopic (exact) mass is 322 g/mol. The minimum Gasteiger partial charge on any atom is -0.424 e. The number of amides is 1. The molecule has 0 fully saturated rings. The summed E-state index contributed by atoms with van der Waals surface area (Å²) in [6.45, 7) is 5.18. The first-order valence-electron chi connectivity index (χ1n) is 6.52. The molecule has 1 aromatic carbocycles.